The molecule has 0 unspecified atom stereocenters. The lowest BCUT2D eigenvalue weighted by Gasteiger charge is -2.34. The van der Waals surface area contributed by atoms with Crippen LogP contribution in [0.5, 0.6) is 0 Å². The Bertz CT molecular complexity index is 545. The van der Waals surface area contributed by atoms with E-state index in [1.807, 2.05) is 0 Å². The third-order valence-corrected chi connectivity index (χ3v) is 9.96. The van der Waals surface area contributed by atoms with E-state index in [2.05, 4.69) is 60.7 Å². The van der Waals surface area contributed by atoms with Crippen molar-refractivity contribution in [2.45, 2.75) is 63.6 Å². The molecule has 0 bridgehead atoms. The summed E-state index contributed by atoms with van der Waals surface area (Å²) < 4.78 is 11.5. The van der Waals surface area contributed by atoms with E-state index in [1.165, 1.54) is 31.2 Å². The first-order valence-electron chi connectivity index (χ1n) is 8.88. The highest BCUT2D eigenvalue weighted by atomic mass is 32.5. The van der Waals surface area contributed by atoms with Crippen molar-refractivity contribution < 1.29 is 4.52 Å². The SMILES string of the molecule is CCC[C@H](OP1(=S)N(C)[C@@H]2CCCC[C@H]2N1C)c1ccccc1. The van der Waals surface area contributed by atoms with E-state index in [4.69, 9.17) is 16.3 Å². The molecule has 1 aliphatic heterocycles. The molecule has 0 N–H and O–H groups in total. The van der Waals surface area contributed by atoms with Crippen molar-refractivity contribution in [2.75, 3.05) is 14.1 Å². The zero-order valence-electron chi connectivity index (χ0n) is 14.5. The van der Waals surface area contributed by atoms with Crippen LogP contribution >= 0.6 is 6.57 Å². The summed E-state index contributed by atoms with van der Waals surface area (Å²) in [6, 6.07) is 11.8. The van der Waals surface area contributed by atoms with Crippen molar-refractivity contribution in [3.8, 4) is 0 Å². The van der Waals surface area contributed by atoms with Gasteiger partial charge in [0, 0.05) is 12.1 Å². The van der Waals surface area contributed by atoms with Crippen LogP contribution in [0.4, 0.5) is 0 Å². The molecule has 0 radical (unpaired) electrons. The van der Waals surface area contributed by atoms with Gasteiger partial charge >= 0.3 is 0 Å². The molecule has 5 heteroatoms. The summed E-state index contributed by atoms with van der Waals surface area (Å²) in [6.45, 7) is 0.109. The predicted molar refractivity (Wildman–Crippen MR) is 101 cm³/mol. The summed E-state index contributed by atoms with van der Waals surface area (Å²) in [6.07, 6.45) is 7.41. The van der Waals surface area contributed by atoms with E-state index in [-0.39, 0.29) is 6.10 Å². The van der Waals surface area contributed by atoms with E-state index in [0.717, 1.165) is 12.8 Å². The molecule has 1 heterocycles. The van der Waals surface area contributed by atoms with Crippen LogP contribution in [0.25, 0.3) is 0 Å². The molecule has 3 rings (SSSR count). The Morgan fingerprint density at radius 3 is 2.22 bits per heavy atom. The van der Waals surface area contributed by atoms with Gasteiger partial charge in [0.1, 0.15) is 0 Å². The van der Waals surface area contributed by atoms with Gasteiger partial charge in [-0.1, -0.05) is 56.5 Å². The Kier molecular flexibility index (Phi) is 5.60. The minimum atomic E-state index is -2.11. The number of fused-ring (bicyclic) bond motifs is 1. The molecule has 23 heavy (non-hydrogen) atoms. The third kappa shape index (κ3) is 3.29. The summed E-state index contributed by atoms with van der Waals surface area (Å²) in [5, 5.41) is 0. The first-order valence-corrected chi connectivity index (χ1v) is 11.5. The molecule has 1 aromatic carbocycles. The smallest absolute Gasteiger partial charge is 0.204 e. The molecule has 1 saturated carbocycles. The van der Waals surface area contributed by atoms with E-state index in [0.29, 0.717) is 12.1 Å². The molecule has 0 spiro atoms. The fourth-order valence-electron chi connectivity index (χ4n) is 4.09. The van der Waals surface area contributed by atoms with Crippen LogP contribution in [0.3, 0.4) is 0 Å². The molecular weight excluding hydrogens is 323 g/mol. The molecule has 3 nitrogen and oxygen atoms in total. The molecule has 3 atom stereocenters. The van der Waals surface area contributed by atoms with Gasteiger partial charge in [-0.15, -0.1) is 0 Å². The second kappa shape index (κ2) is 7.33. The first-order chi connectivity index (χ1) is 11.1. The maximum absolute atomic E-state index is 6.72. The Morgan fingerprint density at radius 1 is 1.13 bits per heavy atom. The summed E-state index contributed by atoms with van der Waals surface area (Å²) in [4.78, 5) is 0. The second-order valence-corrected chi connectivity index (χ2v) is 10.7. The van der Waals surface area contributed by atoms with E-state index < -0.39 is 6.57 Å². The summed E-state index contributed by atoms with van der Waals surface area (Å²) in [5.74, 6) is 0. The van der Waals surface area contributed by atoms with E-state index in [1.54, 1.807) is 0 Å². The third-order valence-electron chi connectivity index (χ3n) is 5.44. The minimum absolute atomic E-state index is 0.108. The first kappa shape index (κ1) is 17.6. The quantitative estimate of drug-likeness (QED) is 0.696. The van der Waals surface area contributed by atoms with Gasteiger partial charge in [0.2, 0.25) is 6.57 Å². The van der Waals surface area contributed by atoms with Crippen molar-refractivity contribution in [3.63, 3.8) is 0 Å². The fourth-order valence-corrected chi connectivity index (χ4v) is 7.71. The van der Waals surface area contributed by atoms with Gasteiger partial charge in [-0.05, 0) is 50.7 Å². The summed E-state index contributed by atoms with van der Waals surface area (Å²) >= 11 is 6.16. The molecular formula is C18H29N2OPS. The summed E-state index contributed by atoms with van der Waals surface area (Å²) in [7, 11) is 4.39. The van der Waals surface area contributed by atoms with Crippen LogP contribution < -0.4 is 0 Å². The van der Waals surface area contributed by atoms with Gasteiger partial charge in [0.15, 0.2) is 0 Å². The molecule has 0 aromatic heterocycles. The highest BCUT2D eigenvalue weighted by molar-refractivity contribution is 8.10. The van der Waals surface area contributed by atoms with Crippen molar-refractivity contribution >= 4 is 18.4 Å². The minimum Gasteiger partial charge on any atom is -0.319 e. The molecule has 1 aromatic rings. The Balaban J connectivity index is 1.85. The average molecular weight is 352 g/mol. The Morgan fingerprint density at radius 2 is 1.70 bits per heavy atom. The van der Waals surface area contributed by atoms with Crippen molar-refractivity contribution in [1.82, 2.24) is 9.34 Å². The van der Waals surface area contributed by atoms with Crippen molar-refractivity contribution in [2.24, 2.45) is 0 Å². The number of likely N-dealkylation sites (N-methyl/N-ethyl adjacent to an activating group) is 2. The number of hydrogen-bond acceptors (Lipinski definition) is 2. The van der Waals surface area contributed by atoms with Crippen molar-refractivity contribution in [1.29, 1.82) is 0 Å². The topological polar surface area (TPSA) is 15.7 Å². The molecule has 0 amide bonds. The van der Waals surface area contributed by atoms with Crippen LogP contribution in [0, 0.1) is 0 Å². The maximum Gasteiger partial charge on any atom is 0.204 e. The van der Waals surface area contributed by atoms with Crippen LogP contribution in [0.15, 0.2) is 30.3 Å². The lowest BCUT2D eigenvalue weighted by Crippen LogP contribution is -2.37. The highest BCUT2D eigenvalue weighted by Crippen LogP contribution is 2.65. The molecule has 128 valence electrons. The maximum atomic E-state index is 6.72. The number of benzene rings is 1. The fraction of sp³-hybridized carbons (Fsp3) is 0.667. The lowest BCUT2D eigenvalue weighted by molar-refractivity contribution is 0.190. The number of nitrogens with zero attached hydrogens (tertiary/aromatic N) is 2. The predicted octanol–water partition coefficient (Wildman–Crippen LogP) is 4.96. The lowest BCUT2D eigenvalue weighted by atomic mass is 9.91. The Hall–Kier alpha value is -0.250. The van der Waals surface area contributed by atoms with Gasteiger partial charge in [0.05, 0.1) is 6.10 Å². The largest absolute Gasteiger partial charge is 0.319 e. The van der Waals surface area contributed by atoms with Crippen LogP contribution in [0.2, 0.25) is 0 Å². The van der Waals surface area contributed by atoms with E-state index >= 15 is 0 Å². The monoisotopic (exact) mass is 352 g/mol. The van der Waals surface area contributed by atoms with Crippen LogP contribution in [0.1, 0.15) is 57.1 Å². The normalized spacial score (nSPS) is 29.3. The van der Waals surface area contributed by atoms with E-state index in [9.17, 15) is 0 Å². The summed E-state index contributed by atoms with van der Waals surface area (Å²) in [5.41, 5.74) is 1.26. The highest BCUT2D eigenvalue weighted by Gasteiger charge is 2.50. The van der Waals surface area contributed by atoms with Gasteiger partial charge in [-0.3, -0.25) is 0 Å². The van der Waals surface area contributed by atoms with Crippen molar-refractivity contribution in [3.05, 3.63) is 35.9 Å². The zero-order chi connectivity index (χ0) is 16.4. The molecule has 2 fully saturated rings. The zero-order valence-corrected chi connectivity index (χ0v) is 16.2. The standard InChI is InChI=1S/C18H29N2OPS/c1-4-10-18(15-11-6-5-7-12-15)21-22(23)19(2)16-13-8-9-14-17(16)20(22)3/h5-7,11-12,16-18H,4,8-10,13-14H2,1-3H3/t16-,17-,18+/m1/s1. The van der Waals surface area contributed by atoms with Crippen LogP contribution in [-0.4, -0.2) is 35.5 Å². The van der Waals surface area contributed by atoms with Gasteiger partial charge in [-0.2, -0.15) is 0 Å². The molecule has 1 saturated heterocycles. The van der Waals surface area contributed by atoms with Gasteiger partial charge < -0.3 is 4.52 Å². The molecule has 2 aliphatic rings. The van der Waals surface area contributed by atoms with Gasteiger partial charge in [-0.25, -0.2) is 9.34 Å². The number of hydrogen-bond donors (Lipinski definition) is 0. The Labute approximate surface area is 146 Å². The average Bonchev–Trinajstić information content (AvgIpc) is 2.78. The molecule has 1 aliphatic carbocycles. The van der Waals surface area contributed by atoms with Gasteiger partial charge in [0.25, 0.3) is 0 Å². The second-order valence-electron chi connectivity index (χ2n) is 6.85. The number of rotatable bonds is 5. The van der Waals surface area contributed by atoms with Crippen LogP contribution in [-0.2, 0) is 16.3 Å².